The largest absolute Gasteiger partial charge is 0.399 e. The Balaban J connectivity index is 1.79. The summed E-state index contributed by atoms with van der Waals surface area (Å²) in [4.78, 5) is 24.8. The fraction of sp³-hybridized carbons (Fsp3) is 0.467. The van der Waals surface area contributed by atoms with E-state index in [-0.39, 0.29) is 11.9 Å². The Morgan fingerprint density at radius 2 is 2.05 bits per heavy atom. The van der Waals surface area contributed by atoms with Gasteiger partial charge in [0.1, 0.15) is 0 Å². The molecule has 3 amide bonds. The highest BCUT2D eigenvalue weighted by atomic mass is 16.2. The number of nitrogen functional groups attached to an aromatic ring is 1. The van der Waals surface area contributed by atoms with E-state index in [0.29, 0.717) is 36.9 Å². The lowest BCUT2D eigenvalue weighted by atomic mass is 9.97. The second kappa shape index (κ2) is 6.97. The first-order valence-corrected chi connectivity index (χ1v) is 7.20. The van der Waals surface area contributed by atoms with Gasteiger partial charge in [0.05, 0.1) is 0 Å². The first-order chi connectivity index (χ1) is 10.0. The van der Waals surface area contributed by atoms with Crippen molar-refractivity contribution in [2.75, 3.05) is 30.7 Å². The van der Waals surface area contributed by atoms with Crippen LogP contribution in [0.2, 0.25) is 0 Å². The number of hydrogen-bond acceptors (Lipinski definition) is 3. The number of nitrogens with two attached hydrogens (primary N) is 1. The number of carbonyl (C=O) groups is 2. The lowest BCUT2D eigenvalue weighted by Crippen LogP contribution is -2.43. The van der Waals surface area contributed by atoms with Gasteiger partial charge in [0.2, 0.25) is 5.91 Å². The summed E-state index contributed by atoms with van der Waals surface area (Å²) in [6.07, 6.45) is 1.81. The number of urea groups is 1. The van der Waals surface area contributed by atoms with Gasteiger partial charge >= 0.3 is 6.03 Å². The van der Waals surface area contributed by atoms with Crippen LogP contribution in [-0.4, -0.2) is 36.5 Å². The summed E-state index contributed by atoms with van der Waals surface area (Å²) in [7, 11) is 0. The highest BCUT2D eigenvalue weighted by Crippen LogP contribution is 2.18. The van der Waals surface area contributed by atoms with Crippen molar-refractivity contribution in [3.63, 3.8) is 0 Å². The number of nitrogens with zero attached hydrogens (tertiary/aromatic N) is 1. The molecular weight excluding hydrogens is 268 g/mol. The molecule has 0 saturated carbocycles. The smallest absolute Gasteiger partial charge is 0.321 e. The Morgan fingerprint density at radius 3 is 2.67 bits per heavy atom. The Hall–Kier alpha value is -2.24. The highest BCUT2D eigenvalue weighted by Gasteiger charge is 2.22. The summed E-state index contributed by atoms with van der Waals surface area (Å²) < 4.78 is 0. The number of piperidine rings is 1. The summed E-state index contributed by atoms with van der Waals surface area (Å²) in [5, 5.41) is 5.69. The van der Waals surface area contributed by atoms with E-state index < -0.39 is 0 Å². The first kappa shape index (κ1) is 15.2. The highest BCUT2D eigenvalue weighted by molar-refractivity contribution is 5.89. The summed E-state index contributed by atoms with van der Waals surface area (Å²) in [6, 6.07) is 7.05. The maximum atomic E-state index is 12.2. The molecule has 21 heavy (non-hydrogen) atoms. The molecule has 0 spiro atoms. The standard InChI is InChI=1S/C15H22N4O2/c1-11(20)17-10-12-5-7-19(8-6-12)15(21)18-14-4-2-3-13(16)9-14/h2-4,9,12H,5-8,10,16H2,1H3,(H,17,20)(H,18,21). The summed E-state index contributed by atoms with van der Waals surface area (Å²) in [5.74, 6) is 0.446. The summed E-state index contributed by atoms with van der Waals surface area (Å²) in [5.41, 5.74) is 7.02. The first-order valence-electron chi connectivity index (χ1n) is 7.20. The van der Waals surface area contributed by atoms with E-state index in [4.69, 9.17) is 5.73 Å². The molecule has 0 unspecified atom stereocenters. The third kappa shape index (κ3) is 4.66. The predicted octanol–water partition coefficient (Wildman–Crippen LogP) is 1.65. The van der Waals surface area contributed by atoms with Crippen molar-refractivity contribution in [1.82, 2.24) is 10.2 Å². The van der Waals surface area contributed by atoms with Gasteiger partial charge in [-0.2, -0.15) is 0 Å². The van der Waals surface area contributed by atoms with E-state index in [2.05, 4.69) is 10.6 Å². The van der Waals surface area contributed by atoms with Gasteiger partial charge in [-0.15, -0.1) is 0 Å². The average molecular weight is 290 g/mol. The van der Waals surface area contributed by atoms with Crippen LogP contribution in [-0.2, 0) is 4.79 Å². The van der Waals surface area contributed by atoms with E-state index in [1.165, 1.54) is 6.92 Å². The van der Waals surface area contributed by atoms with Crippen molar-refractivity contribution in [2.45, 2.75) is 19.8 Å². The number of likely N-dealkylation sites (tertiary alicyclic amines) is 1. The molecule has 1 saturated heterocycles. The van der Waals surface area contributed by atoms with Gasteiger partial charge in [0.25, 0.3) is 0 Å². The number of amides is 3. The van der Waals surface area contributed by atoms with E-state index in [1.807, 2.05) is 12.1 Å². The zero-order valence-electron chi connectivity index (χ0n) is 12.3. The molecule has 1 aliphatic heterocycles. The number of anilines is 2. The van der Waals surface area contributed by atoms with Crippen LogP contribution in [0.4, 0.5) is 16.2 Å². The zero-order chi connectivity index (χ0) is 15.2. The average Bonchev–Trinajstić information content (AvgIpc) is 2.45. The van der Waals surface area contributed by atoms with E-state index in [9.17, 15) is 9.59 Å². The van der Waals surface area contributed by atoms with Gasteiger partial charge in [0, 0.05) is 37.9 Å². The van der Waals surface area contributed by atoms with Crippen LogP contribution in [0.1, 0.15) is 19.8 Å². The van der Waals surface area contributed by atoms with Gasteiger partial charge < -0.3 is 21.3 Å². The van der Waals surface area contributed by atoms with E-state index in [1.54, 1.807) is 17.0 Å². The molecule has 2 rings (SSSR count). The maximum absolute atomic E-state index is 12.2. The Bertz CT molecular complexity index is 510. The Morgan fingerprint density at radius 1 is 1.33 bits per heavy atom. The molecule has 6 nitrogen and oxygen atoms in total. The van der Waals surface area contributed by atoms with Crippen molar-refractivity contribution in [3.05, 3.63) is 24.3 Å². The minimum atomic E-state index is -0.0985. The monoisotopic (exact) mass is 290 g/mol. The quantitative estimate of drug-likeness (QED) is 0.740. The van der Waals surface area contributed by atoms with Gasteiger partial charge in [0.15, 0.2) is 0 Å². The van der Waals surface area contributed by atoms with Crippen LogP contribution in [0.5, 0.6) is 0 Å². The molecule has 1 aromatic rings. The molecule has 1 aliphatic rings. The van der Waals surface area contributed by atoms with Crippen LogP contribution >= 0.6 is 0 Å². The van der Waals surface area contributed by atoms with E-state index in [0.717, 1.165) is 12.8 Å². The molecule has 1 heterocycles. The fourth-order valence-electron chi connectivity index (χ4n) is 2.45. The van der Waals surface area contributed by atoms with Crippen LogP contribution < -0.4 is 16.4 Å². The maximum Gasteiger partial charge on any atom is 0.321 e. The normalized spacial score (nSPS) is 15.6. The molecule has 1 aromatic carbocycles. The second-order valence-corrected chi connectivity index (χ2v) is 5.42. The number of nitrogens with one attached hydrogen (secondary N) is 2. The molecule has 0 aromatic heterocycles. The molecule has 6 heteroatoms. The SMILES string of the molecule is CC(=O)NCC1CCN(C(=O)Nc2cccc(N)c2)CC1. The van der Waals surface area contributed by atoms with Gasteiger partial charge in [-0.25, -0.2) is 4.79 Å². The summed E-state index contributed by atoms with van der Waals surface area (Å²) in [6.45, 7) is 3.63. The molecule has 0 aliphatic carbocycles. The molecule has 0 radical (unpaired) electrons. The number of benzene rings is 1. The van der Waals surface area contributed by atoms with E-state index >= 15 is 0 Å². The van der Waals surface area contributed by atoms with Crippen molar-refractivity contribution < 1.29 is 9.59 Å². The molecule has 1 fully saturated rings. The molecule has 0 bridgehead atoms. The van der Waals surface area contributed by atoms with Crippen LogP contribution in [0.15, 0.2) is 24.3 Å². The Kier molecular flexibility index (Phi) is 5.03. The third-order valence-electron chi connectivity index (χ3n) is 3.68. The van der Waals surface area contributed by atoms with Gasteiger partial charge in [-0.1, -0.05) is 6.07 Å². The number of carbonyl (C=O) groups excluding carboxylic acids is 2. The number of hydrogen-bond donors (Lipinski definition) is 3. The Labute approximate surface area is 124 Å². The van der Waals surface area contributed by atoms with Crippen molar-refractivity contribution in [1.29, 1.82) is 0 Å². The lowest BCUT2D eigenvalue weighted by molar-refractivity contribution is -0.119. The predicted molar refractivity (Wildman–Crippen MR) is 82.9 cm³/mol. The topological polar surface area (TPSA) is 87.5 Å². The minimum absolute atomic E-state index is 0.00293. The molecule has 0 atom stereocenters. The van der Waals surface area contributed by atoms with Crippen molar-refractivity contribution >= 4 is 23.3 Å². The third-order valence-corrected chi connectivity index (χ3v) is 3.68. The lowest BCUT2D eigenvalue weighted by Gasteiger charge is -2.32. The molecule has 114 valence electrons. The molecule has 4 N–H and O–H groups in total. The van der Waals surface area contributed by atoms with Crippen molar-refractivity contribution in [3.8, 4) is 0 Å². The van der Waals surface area contributed by atoms with Crippen molar-refractivity contribution in [2.24, 2.45) is 5.92 Å². The van der Waals surface area contributed by atoms with Crippen LogP contribution in [0.25, 0.3) is 0 Å². The van der Waals surface area contributed by atoms with Crippen LogP contribution in [0.3, 0.4) is 0 Å². The van der Waals surface area contributed by atoms with Crippen LogP contribution in [0, 0.1) is 5.92 Å². The summed E-state index contributed by atoms with van der Waals surface area (Å²) >= 11 is 0. The molecular formula is C15H22N4O2. The minimum Gasteiger partial charge on any atom is -0.399 e. The van der Waals surface area contributed by atoms with Gasteiger partial charge in [-0.3, -0.25) is 4.79 Å². The zero-order valence-corrected chi connectivity index (χ0v) is 12.3. The number of rotatable bonds is 3. The van der Waals surface area contributed by atoms with Gasteiger partial charge in [-0.05, 0) is 37.0 Å². The second-order valence-electron chi connectivity index (χ2n) is 5.42. The fourth-order valence-corrected chi connectivity index (χ4v) is 2.45.